The third kappa shape index (κ3) is 5.66. The normalized spacial score (nSPS) is 15.2. The van der Waals surface area contributed by atoms with Crippen molar-refractivity contribution in [2.45, 2.75) is 0 Å². The predicted octanol–water partition coefficient (Wildman–Crippen LogP) is 1.99. The number of thiazole rings is 1. The molecule has 2 N–H and O–H groups in total. The van der Waals surface area contributed by atoms with Gasteiger partial charge in [0.15, 0.2) is 5.13 Å². The Kier molecular flexibility index (Phi) is 7.02. The van der Waals surface area contributed by atoms with Crippen LogP contribution in [0.1, 0.15) is 5.69 Å². The number of amides is 1. The summed E-state index contributed by atoms with van der Waals surface area (Å²) in [6.07, 6.45) is 0. The summed E-state index contributed by atoms with van der Waals surface area (Å²) in [4.78, 5) is 36.4. The van der Waals surface area contributed by atoms with E-state index in [1.165, 1.54) is 12.5 Å². The van der Waals surface area contributed by atoms with Gasteiger partial charge in [0.05, 0.1) is 6.54 Å². The quantitative estimate of drug-likeness (QED) is 0.503. The third-order valence-electron chi connectivity index (χ3n) is 4.29. The Hall–Kier alpha value is -2.69. The first kappa shape index (κ1) is 21.0. The maximum absolute atomic E-state index is 12.3. The summed E-state index contributed by atoms with van der Waals surface area (Å²) in [6.45, 7) is 3.31. The van der Waals surface area contributed by atoms with E-state index in [4.69, 9.17) is 16.7 Å². The molecular formula is C18H20ClN5O4S. The second kappa shape index (κ2) is 9.68. The van der Waals surface area contributed by atoms with Crippen LogP contribution in [-0.2, 0) is 14.4 Å². The highest BCUT2D eigenvalue weighted by molar-refractivity contribution is 7.14. The molecule has 11 heteroatoms. The van der Waals surface area contributed by atoms with E-state index in [1.807, 2.05) is 24.3 Å². The van der Waals surface area contributed by atoms with Gasteiger partial charge in [-0.25, -0.2) is 9.78 Å². The lowest BCUT2D eigenvalue weighted by atomic mass is 10.2. The molecule has 0 spiro atoms. The standard InChI is InChI=1S/C18H20ClN5O4S/c1-28-22-16(17(26)27)14-11-29-18(20-14)21-15(25)10-23-5-7-24(8-6-23)13-4-2-3-12(19)9-13/h2-4,9,11H,5-8,10H2,1H3,(H,26,27)(H,20,21,25)/b22-16-. The van der Waals surface area contributed by atoms with Gasteiger partial charge in [0, 0.05) is 42.3 Å². The Morgan fingerprint density at radius 2 is 2.10 bits per heavy atom. The van der Waals surface area contributed by atoms with E-state index in [0.29, 0.717) is 10.2 Å². The van der Waals surface area contributed by atoms with Gasteiger partial charge in [0.1, 0.15) is 12.8 Å². The molecule has 0 unspecified atom stereocenters. The molecule has 2 aromatic rings. The lowest BCUT2D eigenvalue weighted by Crippen LogP contribution is -2.48. The van der Waals surface area contributed by atoms with Crippen LogP contribution in [0.4, 0.5) is 10.8 Å². The average Bonchev–Trinajstić information content (AvgIpc) is 3.14. The first-order valence-corrected chi connectivity index (χ1v) is 10.0. The fourth-order valence-electron chi connectivity index (χ4n) is 2.93. The Balaban J connectivity index is 1.51. The summed E-state index contributed by atoms with van der Waals surface area (Å²) in [5, 5.41) is 17.8. The minimum absolute atomic E-state index is 0.134. The van der Waals surface area contributed by atoms with Crippen molar-refractivity contribution in [2.24, 2.45) is 5.16 Å². The molecule has 1 aliphatic rings. The fourth-order valence-corrected chi connectivity index (χ4v) is 3.82. The maximum atomic E-state index is 12.3. The monoisotopic (exact) mass is 437 g/mol. The Morgan fingerprint density at radius 3 is 2.76 bits per heavy atom. The number of benzene rings is 1. The van der Waals surface area contributed by atoms with Crippen molar-refractivity contribution >= 4 is 51.3 Å². The number of halogens is 1. The fraction of sp³-hybridized carbons (Fsp3) is 0.333. The average molecular weight is 438 g/mol. The van der Waals surface area contributed by atoms with Gasteiger partial charge in [0.25, 0.3) is 0 Å². The number of rotatable bonds is 7. The van der Waals surface area contributed by atoms with E-state index in [-0.39, 0.29) is 23.9 Å². The number of piperazine rings is 1. The topological polar surface area (TPSA) is 107 Å². The van der Waals surface area contributed by atoms with E-state index in [2.05, 4.69) is 30.1 Å². The zero-order valence-corrected chi connectivity index (χ0v) is 17.2. The van der Waals surface area contributed by atoms with Gasteiger partial charge in [-0.1, -0.05) is 22.8 Å². The molecule has 1 saturated heterocycles. The summed E-state index contributed by atoms with van der Waals surface area (Å²) in [5.41, 5.74) is 0.889. The van der Waals surface area contributed by atoms with E-state index in [1.54, 1.807) is 0 Å². The predicted molar refractivity (Wildman–Crippen MR) is 112 cm³/mol. The van der Waals surface area contributed by atoms with E-state index < -0.39 is 5.97 Å². The molecule has 0 bridgehead atoms. The van der Waals surface area contributed by atoms with Gasteiger partial charge in [-0.2, -0.15) is 0 Å². The lowest BCUT2D eigenvalue weighted by Gasteiger charge is -2.35. The molecule has 3 rings (SSSR count). The highest BCUT2D eigenvalue weighted by atomic mass is 35.5. The number of carboxylic acids is 1. The van der Waals surface area contributed by atoms with Crippen molar-refractivity contribution in [3.63, 3.8) is 0 Å². The molecule has 9 nitrogen and oxygen atoms in total. The summed E-state index contributed by atoms with van der Waals surface area (Å²) in [7, 11) is 1.25. The van der Waals surface area contributed by atoms with Gasteiger partial charge in [-0.3, -0.25) is 9.69 Å². The van der Waals surface area contributed by atoms with E-state index in [9.17, 15) is 9.59 Å². The number of nitrogens with one attached hydrogen (secondary N) is 1. The van der Waals surface area contributed by atoms with Crippen LogP contribution in [-0.4, -0.2) is 72.4 Å². The number of hydrogen-bond acceptors (Lipinski definition) is 8. The van der Waals surface area contributed by atoms with Crippen molar-refractivity contribution in [3.8, 4) is 0 Å². The third-order valence-corrected chi connectivity index (χ3v) is 5.28. The molecule has 0 saturated carbocycles. The summed E-state index contributed by atoms with van der Waals surface area (Å²) >= 11 is 7.18. The zero-order chi connectivity index (χ0) is 20.8. The molecule has 0 radical (unpaired) electrons. The molecule has 1 fully saturated rings. The minimum Gasteiger partial charge on any atom is -0.476 e. The van der Waals surface area contributed by atoms with E-state index in [0.717, 1.165) is 43.2 Å². The molecule has 154 valence electrons. The number of aromatic nitrogens is 1. The van der Waals surface area contributed by atoms with Crippen LogP contribution in [0.5, 0.6) is 0 Å². The second-order valence-electron chi connectivity index (χ2n) is 6.26. The Labute approximate surface area is 176 Å². The Morgan fingerprint density at radius 1 is 1.34 bits per heavy atom. The van der Waals surface area contributed by atoms with Gasteiger partial charge >= 0.3 is 5.97 Å². The molecule has 0 aliphatic carbocycles. The van der Waals surface area contributed by atoms with Gasteiger partial charge in [-0.05, 0) is 18.2 Å². The SMILES string of the molecule is CO/N=C(\C(=O)O)c1csc(NC(=O)CN2CCN(c3cccc(Cl)c3)CC2)n1. The van der Waals surface area contributed by atoms with Crippen LogP contribution >= 0.6 is 22.9 Å². The van der Waals surface area contributed by atoms with Crippen LogP contribution in [0.3, 0.4) is 0 Å². The number of carbonyl (C=O) groups excluding carboxylic acids is 1. The van der Waals surface area contributed by atoms with Crippen molar-refractivity contribution in [1.29, 1.82) is 0 Å². The number of carboxylic acid groups (broad SMARTS) is 1. The second-order valence-corrected chi connectivity index (χ2v) is 7.55. The zero-order valence-electron chi connectivity index (χ0n) is 15.7. The number of anilines is 2. The largest absolute Gasteiger partial charge is 0.476 e. The first-order valence-electron chi connectivity index (χ1n) is 8.79. The molecule has 1 amide bonds. The van der Waals surface area contributed by atoms with Crippen molar-refractivity contribution in [1.82, 2.24) is 9.88 Å². The number of hydrogen-bond donors (Lipinski definition) is 2. The highest BCUT2D eigenvalue weighted by Crippen LogP contribution is 2.21. The summed E-state index contributed by atoms with van der Waals surface area (Å²) < 4.78 is 0. The van der Waals surface area contributed by atoms with Crippen LogP contribution in [0.25, 0.3) is 0 Å². The van der Waals surface area contributed by atoms with Gasteiger partial charge < -0.3 is 20.2 Å². The minimum atomic E-state index is -1.26. The number of nitrogens with zero attached hydrogens (tertiary/aromatic N) is 4. The molecule has 2 heterocycles. The van der Waals surface area contributed by atoms with Crippen LogP contribution < -0.4 is 10.2 Å². The summed E-state index contributed by atoms with van der Waals surface area (Å²) in [6, 6.07) is 7.72. The van der Waals surface area contributed by atoms with Crippen LogP contribution in [0.2, 0.25) is 5.02 Å². The number of oxime groups is 1. The molecule has 1 aliphatic heterocycles. The number of aliphatic carboxylic acids is 1. The van der Waals surface area contributed by atoms with Gasteiger partial charge in [-0.15, -0.1) is 11.3 Å². The molecular weight excluding hydrogens is 418 g/mol. The molecule has 1 aromatic carbocycles. The lowest BCUT2D eigenvalue weighted by molar-refractivity contribution is -0.129. The summed E-state index contributed by atoms with van der Waals surface area (Å²) in [5.74, 6) is -1.46. The first-order chi connectivity index (χ1) is 14.0. The Bertz CT molecular complexity index is 911. The maximum Gasteiger partial charge on any atom is 0.360 e. The van der Waals surface area contributed by atoms with Crippen molar-refractivity contribution in [2.75, 3.05) is 50.1 Å². The molecule has 29 heavy (non-hydrogen) atoms. The van der Waals surface area contributed by atoms with E-state index >= 15 is 0 Å². The molecule has 0 atom stereocenters. The van der Waals surface area contributed by atoms with Crippen molar-refractivity contribution < 1.29 is 19.5 Å². The molecule has 1 aromatic heterocycles. The number of carbonyl (C=O) groups is 2. The smallest absolute Gasteiger partial charge is 0.360 e. The van der Waals surface area contributed by atoms with Crippen molar-refractivity contribution in [3.05, 3.63) is 40.4 Å². The highest BCUT2D eigenvalue weighted by Gasteiger charge is 2.21. The van der Waals surface area contributed by atoms with Gasteiger partial charge in [0.2, 0.25) is 11.6 Å². The van der Waals surface area contributed by atoms with Crippen LogP contribution in [0, 0.1) is 0 Å². The van der Waals surface area contributed by atoms with Crippen LogP contribution in [0.15, 0.2) is 34.8 Å².